The van der Waals surface area contributed by atoms with E-state index in [0.717, 1.165) is 5.56 Å². The molecule has 0 unspecified atom stereocenters. The van der Waals surface area contributed by atoms with Crippen LogP contribution in [0.4, 0.5) is 0 Å². The highest BCUT2D eigenvalue weighted by Gasteiger charge is 2.05. The Labute approximate surface area is 89.6 Å². The minimum absolute atomic E-state index is 0. The van der Waals surface area contributed by atoms with Crippen molar-refractivity contribution in [2.24, 2.45) is 11.7 Å². The zero-order valence-electron chi connectivity index (χ0n) is 8.19. The molecule has 0 aliphatic carbocycles. The van der Waals surface area contributed by atoms with Crippen LogP contribution in [-0.4, -0.2) is 13.1 Å². The van der Waals surface area contributed by atoms with Crippen LogP contribution in [0.3, 0.4) is 0 Å². The van der Waals surface area contributed by atoms with E-state index < -0.39 is 0 Å². The Bertz CT molecular complexity index is 279. The summed E-state index contributed by atoms with van der Waals surface area (Å²) in [6.07, 6.45) is 0. The van der Waals surface area contributed by atoms with Gasteiger partial charge in [-0.25, -0.2) is 4.79 Å². The third-order valence-electron chi connectivity index (χ3n) is 1.55. The molecule has 0 saturated carbocycles. The predicted octanol–water partition coefficient (Wildman–Crippen LogP) is 1.02. The van der Waals surface area contributed by atoms with Crippen LogP contribution < -0.4 is 11.7 Å². The van der Waals surface area contributed by atoms with E-state index in [4.69, 9.17) is 0 Å². The highest BCUT2D eigenvalue weighted by molar-refractivity contribution is 5.90. The molecule has 4 N–H and O–H groups in total. The van der Waals surface area contributed by atoms with Crippen LogP contribution in [0.25, 0.3) is 0 Å². The summed E-state index contributed by atoms with van der Waals surface area (Å²) >= 11 is 0. The van der Waals surface area contributed by atoms with Crippen LogP contribution in [0.2, 0.25) is 0 Å². The molecule has 1 rings (SSSR count). The molecular formula is C9H15ClN2O2. The number of hydrogen-bond acceptors (Lipinski definition) is 4. The standard InChI is InChI=1S/C9H10O2.ClH.H4N2/c1-7-5-3-4-6-8(7)9(10)11-2;;1-2/h3-6H,1-2H3;1H;1-2H2. The van der Waals surface area contributed by atoms with Gasteiger partial charge in [0.15, 0.2) is 0 Å². The summed E-state index contributed by atoms with van der Waals surface area (Å²) in [4.78, 5) is 11.0. The maximum atomic E-state index is 11.0. The molecular weight excluding hydrogens is 204 g/mol. The molecule has 0 fully saturated rings. The molecule has 0 amide bonds. The third-order valence-corrected chi connectivity index (χ3v) is 1.55. The summed E-state index contributed by atoms with van der Waals surface area (Å²) in [5.41, 5.74) is 1.58. The maximum absolute atomic E-state index is 11.0. The normalized spacial score (nSPS) is 7.71. The highest BCUT2D eigenvalue weighted by atomic mass is 35.5. The van der Waals surface area contributed by atoms with E-state index >= 15 is 0 Å². The molecule has 4 nitrogen and oxygen atoms in total. The summed E-state index contributed by atoms with van der Waals surface area (Å²) in [6, 6.07) is 7.34. The van der Waals surface area contributed by atoms with Gasteiger partial charge in [0.25, 0.3) is 0 Å². The van der Waals surface area contributed by atoms with Gasteiger partial charge in [0.2, 0.25) is 0 Å². The molecule has 0 atom stereocenters. The number of carbonyl (C=O) groups is 1. The second-order valence-corrected chi connectivity index (χ2v) is 2.31. The van der Waals surface area contributed by atoms with Crippen LogP contribution in [0.1, 0.15) is 15.9 Å². The van der Waals surface area contributed by atoms with Crippen LogP contribution in [0.5, 0.6) is 0 Å². The molecule has 0 saturated heterocycles. The van der Waals surface area contributed by atoms with Gasteiger partial charge >= 0.3 is 5.97 Å². The largest absolute Gasteiger partial charge is 0.465 e. The smallest absolute Gasteiger partial charge is 0.338 e. The fourth-order valence-corrected chi connectivity index (χ4v) is 0.912. The molecule has 14 heavy (non-hydrogen) atoms. The molecule has 0 bridgehead atoms. The number of halogens is 1. The molecule has 0 aliphatic rings. The number of nitrogens with two attached hydrogens (primary N) is 2. The predicted molar refractivity (Wildman–Crippen MR) is 58.1 cm³/mol. The number of rotatable bonds is 1. The van der Waals surface area contributed by atoms with E-state index in [1.165, 1.54) is 7.11 Å². The number of hydrogen-bond donors (Lipinski definition) is 2. The summed E-state index contributed by atoms with van der Waals surface area (Å²) in [6.45, 7) is 1.88. The Kier molecular flexibility index (Phi) is 9.33. The average Bonchev–Trinajstić information content (AvgIpc) is 2.20. The number of aryl methyl sites for hydroxylation is 1. The summed E-state index contributed by atoms with van der Waals surface area (Å²) < 4.78 is 4.58. The van der Waals surface area contributed by atoms with E-state index in [1.807, 2.05) is 25.1 Å². The van der Waals surface area contributed by atoms with Crippen molar-refractivity contribution in [2.75, 3.05) is 7.11 Å². The Morgan fingerprint density at radius 3 is 2.21 bits per heavy atom. The molecule has 0 spiro atoms. The molecule has 1 aromatic rings. The quantitative estimate of drug-likeness (QED) is 0.419. The molecule has 0 radical (unpaired) electrons. The third kappa shape index (κ3) is 4.23. The highest BCUT2D eigenvalue weighted by Crippen LogP contribution is 2.07. The van der Waals surface area contributed by atoms with Crippen molar-refractivity contribution in [3.63, 3.8) is 0 Å². The van der Waals surface area contributed by atoms with Gasteiger partial charge < -0.3 is 4.74 Å². The lowest BCUT2D eigenvalue weighted by Crippen LogP contribution is -2.02. The number of esters is 1. The van der Waals surface area contributed by atoms with Gasteiger partial charge in [0.1, 0.15) is 0 Å². The van der Waals surface area contributed by atoms with Gasteiger partial charge in [-0.3, -0.25) is 11.7 Å². The van der Waals surface area contributed by atoms with Crippen molar-refractivity contribution < 1.29 is 9.53 Å². The first-order valence-corrected chi connectivity index (χ1v) is 3.73. The lowest BCUT2D eigenvalue weighted by molar-refractivity contribution is 0.0600. The molecule has 80 valence electrons. The van der Waals surface area contributed by atoms with E-state index in [2.05, 4.69) is 16.4 Å². The topological polar surface area (TPSA) is 78.3 Å². The number of hydrazine groups is 1. The number of methoxy groups -OCH3 is 1. The second kappa shape index (κ2) is 8.50. The van der Waals surface area contributed by atoms with Crippen molar-refractivity contribution >= 4 is 18.4 Å². The van der Waals surface area contributed by atoms with Crippen molar-refractivity contribution in [3.05, 3.63) is 35.4 Å². The summed E-state index contributed by atoms with van der Waals surface area (Å²) in [7, 11) is 1.38. The molecule has 1 aromatic carbocycles. The molecule has 0 aromatic heterocycles. The first-order valence-electron chi connectivity index (χ1n) is 3.73. The van der Waals surface area contributed by atoms with Crippen LogP contribution in [0, 0.1) is 6.92 Å². The monoisotopic (exact) mass is 218 g/mol. The van der Waals surface area contributed by atoms with Crippen LogP contribution in [-0.2, 0) is 4.74 Å². The van der Waals surface area contributed by atoms with Crippen LogP contribution >= 0.6 is 12.4 Å². The fourth-order valence-electron chi connectivity index (χ4n) is 0.912. The Morgan fingerprint density at radius 2 is 1.79 bits per heavy atom. The molecule has 5 heteroatoms. The first-order chi connectivity index (χ1) is 6.25. The number of benzene rings is 1. The maximum Gasteiger partial charge on any atom is 0.338 e. The van der Waals surface area contributed by atoms with Gasteiger partial charge in [0.05, 0.1) is 12.7 Å². The summed E-state index contributed by atoms with van der Waals surface area (Å²) in [5, 5.41) is 0. The lowest BCUT2D eigenvalue weighted by atomic mass is 10.1. The van der Waals surface area contributed by atoms with Crippen molar-refractivity contribution in [1.29, 1.82) is 0 Å². The Morgan fingerprint density at radius 1 is 1.29 bits per heavy atom. The van der Waals surface area contributed by atoms with Gasteiger partial charge in [-0.1, -0.05) is 18.2 Å². The zero-order chi connectivity index (χ0) is 10.3. The minimum atomic E-state index is -0.275. The van der Waals surface area contributed by atoms with Gasteiger partial charge in [-0.2, -0.15) is 0 Å². The first kappa shape index (κ1) is 15.4. The molecule has 0 aliphatic heterocycles. The van der Waals surface area contributed by atoms with Crippen molar-refractivity contribution in [1.82, 2.24) is 0 Å². The zero-order valence-corrected chi connectivity index (χ0v) is 9.01. The van der Waals surface area contributed by atoms with Crippen LogP contribution in [0.15, 0.2) is 24.3 Å². The van der Waals surface area contributed by atoms with Gasteiger partial charge in [-0.15, -0.1) is 12.4 Å². The number of carbonyl (C=O) groups excluding carboxylic acids is 1. The minimum Gasteiger partial charge on any atom is -0.465 e. The van der Waals surface area contributed by atoms with E-state index in [1.54, 1.807) is 6.07 Å². The second-order valence-electron chi connectivity index (χ2n) is 2.31. The number of ether oxygens (including phenoxy) is 1. The Hall–Kier alpha value is -1.10. The SMILES string of the molecule is COC(=O)c1ccccc1C.Cl.NN. The summed E-state index contributed by atoms with van der Waals surface area (Å²) in [5.74, 6) is 7.73. The van der Waals surface area contributed by atoms with Crippen molar-refractivity contribution in [2.45, 2.75) is 6.92 Å². The lowest BCUT2D eigenvalue weighted by Gasteiger charge is -2.00. The molecule has 0 heterocycles. The average molecular weight is 219 g/mol. The van der Waals surface area contributed by atoms with Crippen molar-refractivity contribution in [3.8, 4) is 0 Å². The van der Waals surface area contributed by atoms with E-state index in [-0.39, 0.29) is 18.4 Å². The van der Waals surface area contributed by atoms with E-state index in [9.17, 15) is 4.79 Å². The fraction of sp³-hybridized carbons (Fsp3) is 0.222. The van der Waals surface area contributed by atoms with Gasteiger partial charge in [0, 0.05) is 0 Å². The Balaban J connectivity index is 0. The van der Waals surface area contributed by atoms with E-state index in [0.29, 0.717) is 5.56 Å². The van der Waals surface area contributed by atoms with Gasteiger partial charge in [-0.05, 0) is 18.6 Å².